The first-order valence-corrected chi connectivity index (χ1v) is 12.5. The molecule has 1 fully saturated rings. The van der Waals surface area contributed by atoms with E-state index in [-0.39, 0.29) is 23.8 Å². The molecule has 0 amide bonds. The van der Waals surface area contributed by atoms with Crippen LogP contribution in [0.2, 0.25) is 0 Å². The van der Waals surface area contributed by atoms with E-state index in [0.717, 1.165) is 32.4 Å². The van der Waals surface area contributed by atoms with Crippen molar-refractivity contribution in [3.63, 3.8) is 0 Å². The fourth-order valence-electron chi connectivity index (χ4n) is 3.17. The number of nitrogens with zero attached hydrogens (tertiary/aromatic N) is 2. The maximum absolute atomic E-state index is 11.9. The highest BCUT2D eigenvalue weighted by Gasteiger charge is 2.29. The van der Waals surface area contributed by atoms with Crippen LogP contribution in [0.25, 0.3) is 0 Å². The van der Waals surface area contributed by atoms with Gasteiger partial charge in [0.1, 0.15) is 36.6 Å². The zero-order chi connectivity index (χ0) is 27.3. The van der Waals surface area contributed by atoms with Gasteiger partial charge in [-0.3, -0.25) is 9.36 Å². The van der Waals surface area contributed by atoms with Gasteiger partial charge in [0.25, 0.3) is 0 Å². The summed E-state index contributed by atoms with van der Waals surface area (Å²) >= 11 is 1.51. The highest BCUT2D eigenvalue weighted by Crippen LogP contribution is 2.31. The van der Waals surface area contributed by atoms with Gasteiger partial charge in [-0.2, -0.15) is 18.2 Å². The van der Waals surface area contributed by atoms with Crippen molar-refractivity contribution >= 4 is 29.5 Å². The van der Waals surface area contributed by atoms with E-state index in [1.54, 1.807) is 12.3 Å². The van der Waals surface area contributed by atoms with E-state index in [0.29, 0.717) is 12.2 Å². The lowest BCUT2D eigenvalue weighted by atomic mass is 10.2. The van der Waals surface area contributed by atoms with E-state index < -0.39 is 24.1 Å². The quantitative estimate of drug-likeness (QED) is 0.304. The van der Waals surface area contributed by atoms with Crippen molar-refractivity contribution in [3.8, 4) is 0 Å². The molecule has 3 rings (SSSR count). The van der Waals surface area contributed by atoms with Crippen LogP contribution in [0.3, 0.4) is 0 Å². The van der Waals surface area contributed by atoms with Crippen LogP contribution in [0.5, 0.6) is 0 Å². The molecule has 1 aliphatic rings. The Morgan fingerprint density at radius 3 is 2.57 bits per heavy atom. The largest absolute Gasteiger partial charge is 0.542 e. The molecule has 2 heterocycles. The minimum Gasteiger partial charge on any atom is -0.542 e. The van der Waals surface area contributed by atoms with E-state index in [1.807, 2.05) is 6.07 Å². The zero-order valence-corrected chi connectivity index (χ0v) is 20.7. The summed E-state index contributed by atoms with van der Waals surface area (Å²) in [6.45, 7) is 2.22. The standard InChI is InChI=1S/C21H28N4O4S.C2HF3O2/c22-17-10-12-25(21(27)24-17)18-15-30-20(29-18)14-28-19(26)9-5-2-6-11-23-13-16-7-3-1-4-8-16;3-2(4,5)1(6)7/h1,3-4,7-8,10,12,18,20,23H,2,5-6,9,11,13-15H2,(H2,22,24,27);(H,6,7)/t18-,20+;/m0./s1. The van der Waals surface area contributed by atoms with Crippen molar-refractivity contribution in [2.45, 2.75) is 50.1 Å². The monoisotopic (exact) mass is 546 g/mol. The molecule has 0 aliphatic carbocycles. The van der Waals surface area contributed by atoms with Crippen molar-refractivity contribution in [2.24, 2.45) is 0 Å². The number of carbonyl (C=O) groups excluding carboxylic acids is 2. The molecule has 1 saturated heterocycles. The number of unbranched alkanes of at least 4 members (excludes halogenated alkanes) is 2. The SMILES string of the molecule is Nc1ccn([C@@H]2CS[C@H](COC(=O)CCCCC[NH2+]Cc3ccccc3)O2)c(=O)n1.O=C([O-])C(F)(F)F. The fourth-order valence-corrected chi connectivity index (χ4v) is 4.16. The average molecular weight is 547 g/mol. The Labute approximate surface area is 215 Å². The number of nitrogens with two attached hydrogens (primary N) is 2. The molecule has 0 bridgehead atoms. The number of anilines is 1. The molecule has 10 nitrogen and oxygen atoms in total. The third-order valence-corrected chi connectivity index (χ3v) is 6.12. The predicted octanol–water partition coefficient (Wildman–Crippen LogP) is 0.579. The van der Waals surface area contributed by atoms with Gasteiger partial charge in [0, 0.05) is 23.9 Å². The number of hydrogen-bond donors (Lipinski definition) is 2. The highest BCUT2D eigenvalue weighted by atomic mass is 32.2. The molecule has 0 spiro atoms. The van der Waals surface area contributed by atoms with Gasteiger partial charge < -0.3 is 30.4 Å². The second-order valence-corrected chi connectivity index (χ2v) is 9.13. The van der Waals surface area contributed by atoms with Crippen LogP contribution in [-0.4, -0.2) is 52.0 Å². The molecule has 37 heavy (non-hydrogen) atoms. The molecule has 14 heteroatoms. The highest BCUT2D eigenvalue weighted by molar-refractivity contribution is 8.00. The van der Waals surface area contributed by atoms with E-state index >= 15 is 0 Å². The average Bonchev–Trinajstić information content (AvgIpc) is 3.31. The Bertz CT molecular complexity index is 1050. The number of rotatable bonds is 11. The van der Waals surface area contributed by atoms with Crippen LogP contribution in [-0.2, 0) is 25.6 Å². The number of carboxylic acid groups (broad SMARTS) is 1. The Balaban J connectivity index is 0.000000604. The summed E-state index contributed by atoms with van der Waals surface area (Å²) in [6.07, 6.45) is -0.724. The predicted molar refractivity (Wildman–Crippen MR) is 127 cm³/mol. The van der Waals surface area contributed by atoms with Gasteiger partial charge in [-0.1, -0.05) is 30.3 Å². The van der Waals surface area contributed by atoms with Gasteiger partial charge >= 0.3 is 17.8 Å². The van der Waals surface area contributed by atoms with Crippen LogP contribution < -0.4 is 21.8 Å². The second-order valence-electron chi connectivity index (χ2n) is 7.94. The topological polar surface area (TPSA) is 153 Å². The van der Waals surface area contributed by atoms with Crippen LogP contribution in [0, 0.1) is 0 Å². The normalized spacial score (nSPS) is 17.1. The first kappa shape index (κ1) is 30.1. The molecular weight excluding hydrogens is 517 g/mol. The van der Waals surface area contributed by atoms with Crippen molar-refractivity contribution < 1.29 is 42.7 Å². The molecule has 4 N–H and O–H groups in total. The van der Waals surface area contributed by atoms with Crippen LogP contribution >= 0.6 is 11.8 Å². The molecule has 0 radical (unpaired) electrons. The maximum atomic E-state index is 11.9. The smallest absolute Gasteiger partial charge is 0.430 e. The molecule has 0 unspecified atom stereocenters. The van der Waals surface area contributed by atoms with Crippen molar-refractivity contribution in [3.05, 3.63) is 58.6 Å². The summed E-state index contributed by atoms with van der Waals surface area (Å²) < 4.78 is 44.1. The molecule has 1 aromatic carbocycles. The molecule has 2 aromatic rings. The Morgan fingerprint density at radius 1 is 1.22 bits per heavy atom. The number of nitrogen functional groups attached to an aromatic ring is 1. The number of thioether (sulfide) groups is 1. The summed E-state index contributed by atoms with van der Waals surface area (Å²) in [7, 11) is 0. The lowest BCUT2D eigenvalue weighted by Gasteiger charge is -2.14. The second kappa shape index (κ2) is 15.2. The van der Waals surface area contributed by atoms with Crippen LogP contribution in [0.1, 0.15) is 37.5 Å². The Morgan fingerprint density at radius 2 is 1.92 bits per heavy atom. The zero-order valence-electron chi connectivity index (χ0n) is 19.9. The number of carbonyl (C=O) groups is 2. The Kier molecular flexibility index (Phi) is 12.4. The first-order valence-electron chi connectivity index (χ1n) is 11.5. The molecule has 0 saturated carbocycles. The van der Waals surface area contributed by atoms with Crippen molar-refractivity contribution in [1.82, 2.24) is 9.55 Å². The summed E-state index contributed by atoms with van der Waals surface area (Å²) in [6, 6.07) is 12.0. The number of ether oxygens (including phenoxy) is 2. The fraction of sp³-hybridized carbons (Fsp3) is 0.478. The number of hydrogen-bond acceptors (Lipinski definition) is 9. The van der Waals surface area contributed by atoms with Crippen LogP contribution in [0.15, 0.2) is 47.4 Å². The van der Waals surface area contributed by atoms with E-state index in [9.17, 15) is 22.8 Å². The first-order chi connectivity index (χ1) is 17.6. The van der Waals surface area contributed by atoms with Gasteiger partial charge in [0.05, 0.1) is 6.54 Å². The number of quaternary nitrogens is 1. The van der Waals surface area contributed by atoms with E-state index in [1.165, 1.54) is 21.9 Å². The number of halogens is 3. The van der Waals surface area contributed by atoms with Gasteiger partial charge in [0.2, 0.25) is 0 Å². The maximum Gasteiger partial charge on any atom is 0.430 e. The van der Waals surface area contributed by atoms with Gasteiger partial charge in [-0.15, -0.1) is 11.8 Å². The Hall–Kier alpha value is -3.10. The van der Waals surface area contributed by atoms with E-state index in [4.69, 9.17) is 25.1 Å². The molecule has 204 valence electrons. The number of aliphatic carboxylic acids is 1. The summed E-state index contributed by atoms with van der Waals surface area (Å²) in [5.41, 5.74) is 6.10. The minimum absolute atomic E-state index is 0.182. The number of esters is 1. The van der Waals surface area contributed by atoms with E-state index in [2.05, 4.69) is 34.6 Å². The molecular formula is C23H29F3N4O6S. The van der Waals surface area contributed by atoms with Crippen molar-refractivity contribution in [2.75, 3.05) is 24.6 Å². The van der Waals surface area contributed by atoms with Gasteiger partial charge in [0.15, 0.2) is 0 Å². The lowest BCUT2D eigenvalue weighted by Crippen LogP contribution is -2.82. The number of benzene rings is 1. The summed E-state index contributed by atoms with van der Waals surface area (Å²) in [5, 5.41) is 11.1. The minimum atomic E-state index is -5.19. The molecule has 1 aromatic heterocycles. The van der Waals surface area contributed by atoms with Gasteiger partial charge in [-0.05, 0) is 25.3 Å². The summed E-state index contributed by atoms with van der Waals surface area (Å²) in [4.78, 5) is 36.3. The third-order valence-electron chi connectivity index (χ3n) is 5.02. The number of alkyl halides is 3. The lowest BCUT2D eigenvalue weighted by molar-refractivity contribution is -0.671. The van der Waals surface area contributed by atoms with Gasteiger partial charge in [-0.25, -0.2) is 4.79 Å². The number of aromatic nitrogens is 2. The molecule has 2 atom stereocenters. The van der Waals surface area contributed by atoms with Crippen molar-refractivity contribution in [1.29, 1.82) is 0 Å². The molecule has 1 aliphatic heterocycles. The third kappa shape index (κ3) is 11.7. The summed E-state index contributed by atoms with van der Waals surface area (Å²) in [5.74, 6) is -2.44. The number of carboxylic acids is 1. The van der Waals surface area contributed by atoms with Crippen LogP contribution in [0.4, 0.5) is 19.0 Å².